The van der Waals surface area contributed by atoms with Crippen LogP contribution in [0.5, 0.6) is 0 Å². The van der Waals surface area contributed by atoms with Crippen molar-refractivity contribution in [3.05, 3.63) is 71.7 Å². The second-order valence-corrected chi connectivity index (χ2v) is 8.00. The molecule has 2 aromatic carbocycles. The summed E-state index contributed by atoms with van der Waals surface area (Å²) in [5, 5.41) is 29.9. The number of pyridine rings is 1. The van der Waals surface area contributed by atoms with E-state index >= 15 is 0 Å². The van der Waals surface area contributed by atoms with Crippen LogP contribution in [0.2, 0.25) is 0 Å². The van der Waals surface area contributed by atoms with Crippen LogP contribution in [0.15, 0.2) is 54.6 Å². The molecule has 3 aromatic rings. The Morgan fingerprint density at radius 2 is 1.81 bits per heavy atom. The van der Waals surface area contributed by atoms with Crippen LogP contribution in [0.1, 0.15) is 42.9 Å². The van der Waals surface area contributed by atoms with Gasteiger partial charge in [-0.2, -0.15) is 0 Å². The summed E-state index contributed by atoms with van der Waals surface area (Å²) >= 11 is 0. The Balaban J connectivity index is 0.00000289. The van der Waals surface area contributed by atoms with E-state index in [9.17, 15) is 19.4 Å². The maximum atomic E-state index is 13.6. The van der Waals surface area contributed by atoms with E-state index in [1.807, 2.05) is 24.3 Å². The van der Waals surface area contributed by atoms with Crippen molar-refractivity contribution in [3.63, 3.8) is 0 Å². The van der Waals surface area contributed by atoms with E-state index in [0.29, 0.717) is 5.92 Å². The Morgan fingerprint density at radius 1 is 1.12 bits per heavy atom. The number of halogens is 1. The number of aliphatic hydroxyl groups is 2. The summed E-state index contributed by atoms with van der Waals surface area (Å²) in [4.78, 5) is 15.6. The second kappa shape index (κ2) is 10.7. The van der Waals surface area contributed by atoms with E-state index in [1.165, 1.54) is 12.1 Å². The standard InChI is InChI=1S/C25H24FNO4.Na.H/c26-17-9-7-15(8-10-17)24-20-3-1-2-4-22(20)27-25(16-5-6-16)21(24)12-11-18(28)13-19(29)14-23(30)31;;/h1-4,7-12,16,18-19,28-29H,5-6,13-14H2,(H,30,31);;/b12-11+;;/t18-,19-;;/m1../s1. The molecule has 2 atom stereocenters. The zero-order valence-corrected chi connectivity index (χ0v) is 16.9. The average molecular weight is 445 g/mol. The van der Waals surface area contributed by atoms with Crippen molar-refractivity contribution in [2.24, 2.45) is 0 Å². The third kappa shape index (κ3) is 5.82. The van der Waals surface area contributed by atoms with E-state index in [1.54, 1.807) is 24.3 Å². The van der Waals surface area contributed by atoms with E-state index in [0.717, 1.165) is 46.1 Å². The van der Waals surface area contributed by atoms with Crippen LogP contribution in [-0.4, -0.2) is 68.0 Å². The molecule has 1 saturated carbocycles. The predicted octanol–water partition coefficient (Wildman–Crippen LogP) is 3.87. The Kier molecular flexibility index (Phi) is 8.20. The van der Waals surface area contributed by atoms with Crippen LogP contribution >= 0.6 is 0 Å². The number of carboxylic acid groups (broad SMARTS) is 1. The Hall–Kier alpha value is -2.09. The fourth-order valence-corrected chi connectivity index (χ4v) is 3.86. The Morgan fingerprint density at radius 3 is 2.47 bits per heavy atom. The number of aliphatic hydroxyl groups excluding tert-OH is 2. The quantitative estimate of drug-likeness (QED) is 0.458. The van der Waals surface area contributed by atoms with Gasteiger partial charge in [-0.05, 0) is 36.6 Å². The van der Waals surface area contributed by atoms with Gasteiger partial charge in [-0.25, -0.2) is 4.39 Å². The third-order valence-corrected chi connectivity index (χ3v) is 5.47. The first-order valence-corrected chi connectivity index (χ1v) is 10.4. The van der Waals surface area contributed by atoms with E-state index < -0.39 is 24.6 Å². The monoisotopic (exact) mass is 445 g/mol. The molecule has 0 saturated heterocycles. The van der Waals surface area contributed by atoms with E-state index in [2.05, 4.69) is 0 Å². The van der Waals surface area contributed by atoms with Crippen molar-refractivity contribution in [2.45, 2.75) is 43.8 Å². The molecule has 1 fully saturated rings. The zero-order chi connectivity index (χ0) is 22.0. The number of aliphatic carboxylic acids is 1. The van der Waals surface area contributed by atoms with Gasteiger partial charge >= 0.3 is 35.5 Å². The second-order valence-electron chi connectivity index (χ2n) is 8.00. The first kappa shape index (κ1) is 24.6. The minimum atomic E-state index is -1.13. The van der Waals surface area contributed by atoms with Crippen molar-refractivity contribution >= 4 is 52.5 Å². The minimum absolute atomic E-state index is 0. The van der Waals surface area contributed by atoms with E-state index in [4.69, 9.17) is 10.1 Å². The van der Waals surface area contributed by atoms with Crippen molar-refractivity contribution in [1.29, 1.82) is 0 Å². The van der Waals surface area contributed by atoms with Crippen LogP contribution in [0.25, 0.3) is 28.1 Å². The van der Waals surface area contributed by atoms with Crippen molar-refractivity contribution in [1.82, 2.24) is 4.98 Å². The molecule has 3 N–H and O–H groups in total. The number of aromatic nitrogens is 1. The molecule has 1 heterocycles. The summed E-state index contributed by atoms with van der Waals surface area (Å²) in [7, 11) is 0. The van der Waals surface area contributed by atoms with Crippen LogP contribution in [0.4, 0.5) is 4.39 Å². The fraction of sp³-hybridized carbons (Fsp3) is 0.280. The van der Waals surface area contributed by atoms with Gasteiger partial charge in [-0.15, -0.1) is 0 Å². The summed E-state index contributed by atoms with van der Waals surface area (Å²) in [5.74, 6) is -1.10. The molecule has 0 bridgehead atoms. The molecule has 1 aliphatic carbocycles. The average Bonchev–Trinajstić information content (AvgIpc) is 3.56. The number of carbonyl (C=O) groups is 1. The van der Waals surface area contributed by atoms with Crippen LogP contribution < -0.4 is 0 Å². The molecular weight excluding hydrogens is 420 g/mol. The normalized spacial score (nSPS) is 15.5. The molecule has 0 unspecified atom stereocenters. The van der Waals surface area contributed by atoms with Crippen LogP contribution in [-0.2, 0) is 4.79 Å². The first-order chi connectivity index (χ1) is 14.9. The first-order valence-electron chi connectivity index (χ1n) is 10.4. The zero-order valence-electron chi connectivity index (χ0n) is 16.9. The topological polar surface area (TPSA) is 90.7 Å². The summed E-state index contributed by atoms with van der Waals surface area (Å²) in [6, 6.07) is 14.1. The SMILES string of the molecule is O=C(O)C[C@H](O)C[C@H](O)/C=C/c1c(C2CC2)nc2ccccc2c1-c1ccc(F)cc1.[NaH]. The molecule has 0 aliphatic heterocycles. The van der Waals surface area contributed by atoms with Gasteiger partial charge in [0.05, 0.1) is 29.8 Å². The maximum absolute atomic E-state index is 13.6. The third-order valence-electron chi connectivity index (χ3n) is 5.47. The van der Waals surface area contributed by atoms with E-state index in [-0.39, 0.29) is 41.8 Å². The van der Waals surface area contributed by atoms with Gasteiger partial charge in [0.2, 0.25) is 0 Å². The number of para-hydroxylation sites is 1. The number of fused-ring (bicyclic) bond motifs is 1. The molecule has 0 radical (unpaired) electrons. The molecule has 0 spiro atoms. The Labute approximate surface area is 207 Å². The van der Waals surface area contributed by atoms with Gasteiger partial charge in [-0.1, -0.05) is 42.5 Å². The summed E-state index contributed by atoms with van der Waals surface area (Å²) in [6.07, 6.45) is 2.80. The number of rotatable bonds is 8. The van der Waals surface area contributed by atoms with Crippen molar-refractivity contribution in [3.8, 4) is 11.1 Å². The molecule has 4 rings (SSSR count). The molecular formula is C25H25FNNaO4. The van der Waals surface area contributed by atoms with Gasteiger partial charge in [0.1, 0.15) is 5.82 Å². The molecule has 162 valence electrons. The number of hydrogen-bond donors (Lipinski definition) is 3. The van der Waals surface area contributed by atoms with Crippen molar-refractivity contribution in [2.75, 3.05) is 0 Å². The fourth-order valence-electron chi connectivity index (χ4n) is 3.86. The predicted molar refractivity (Wildman–Crippen MR) is 124 cm³/mol. The molecule has 1 aliphatic rings. The molecule has 32 heavy (non-hydrogen) atoms. The molecule has 1 aromatic heterocycles. The van der Waals surface area contributed by atoms with Gasteiger partial charge in [0, 0.05) is 28.9 Å². The van der Waals surface area contributed by atoms with Gasteiger partial charge < -0.3 is 15.3 Å². The van der Waals surface area contributed by atoms with Gasteiger partial charge in [0.25, 0.3) is 0 Å². The molecule has 0 amide bonds. The number of hydrogen-bond acceptors (Lipinski definition) is 4. The molecule has 7 heteroatoms. The van der Waals surface area contributed by atoms with Gasteiger partial charge in [-0.3, -0.25) is 9.78 Å². The summed E-state index contributed by atoms with van der Waals surface area (Å²) in [6.45, 7) is 0. The summed E-state index contributed by atoms with van der Waals surface area (Å²) in [5.41, 5.74) is 4.43. The van der Waals surface area contributed by atoms with Crippen LogP contribution in [0.3, 0.4) is 0 Å². The molecule has 5 nitrogen and oxygen atoms in total. The number of carboxylic acids is 1. The van der Waals surface area contributed by atoms with Crippen molar-refractivity contribution < 1.29 is 24.5 Å². The Bertz CT molecular complexity index is 1130. The summed E-state index contributed by atoms with van der Waals surface area (Å²) < 4.78 is 13.6. The number of benzene rings is 2. The number of nitrogens with zero attached hydrogens (tertiary/aromatic N) is 1. The van der Waals surface area contributed by atoms with Gasteiger partial charge in [0.15, 0.2) is 0 Å². The van der Waals surface area contributed by atoms with Crippen LogP contribution in [0, 0.1) is 5.82 Å².